The van der Waals surface area contributed by atoms with Crippen molar-refractivity contribution in [2.24, 2.45) is 23.5 Å². The fourth-order valence-corrected chi connectivity index (χ4v) is 6.72. The minimum absolute atomic E-state index is 0.0332. The number of carbonyl (C=O) groups is 2. The van der Waals surface area contributed by atoms with Gasteiger partial charge in [0.25, 0.3) is 0 Å². The van der Waals surface area contributed by atoms with E-state index in [1.807, 2.05) is 48.2 Å². The van der Waals surface area contributed by atoms with Crippen LogP contribution in [-0.4, -0.2) is 68.0 Å². The van der Waals surface area contributed by atoms with Crippen molar-refractivity contribution in [3.63, 3.8) is 0 Å². The summed E-state index contributed by atoms with van der Waals surface area (Å²) in [5.74, 6) is 0.455. The van der Waals surface area contributed by atoms with Crippen molar-refractivity contribution in [1.82, 2.24) is 4.90 Å². The van der Waals surface area contributed by atoms with Gasteiger partial charge in [0.15, 0.2) is 5.75 Å². The zero-order valence-corrected chi connectivity index (χ0v) is 29.7. The summed E-state index contributed by atoms with van der Waals surface area (Å²) in [4.78, 5) is 27.2. The molecule has 2 fully saturated rings. The van der Waals surface area contributed by atoms with E-state index >= 15 is 0 Å². The van der Waals surface area contributed by atoms with Crippen LogP contribution in [0.25, 0.3) is 0 Å². The van der Waals surface area contributed by atoms with Crippen LogP contribution >= 0.6 is 23.2 Å². The predicted molar refractivity (Wildman–Crippen MR) is 190 cm³/mol. The van der Waals surface area contributed by atoms with Gasteiger partial charge in [0, 0.05) is 38.8 Å². The number of rotatable bonds is 20. The summed E-state index contributed by atoms with van der Waals surface area (Å²) in [6, 6.07) is 17.6. The molecule has 3 N–H and O–H groups in total. The molecule has 11 heteroatoms. The van der Waals surface area contributed by atoms with Crippen molar-refractivity contribution in [3.8, 4) is 17.2 Å². The molecule has 0 radical (unpaired) electrons. The number of ether oxygens (including phenoxy) is 4. The van der Waals surface area contributed by atoms with Crippen molar-refractivity contribution in [3.05, 3.63) is 86.9 Å². The maximum absolute atomic E-state index is 14.0. The molecule has 49 heavy (non-hydrogen) atoms. The van der Waals surface area contributed by atoms with E-state index in [0.717, 1.165) is 47.9 Å². The number of nitrogens with zero attached hydrogens (tertiary/aromatic N) is 1. The normalized spacial score (nSPS) is 17.3. The van der Waals surface area contributed by atoms with Crippen molar-refractivity contribution < 1.29 is 33.6 Å². The second kappa shape index (κ2) is 17.4. The number of carboxylic acid groups (broad SMARTS) is 1. The summed E-state index contributed by atoms with van der Waals surface area (Å²) in [7, 11) is 1.69. The zero-order chi connectivity index (χ0) is 34.9. The van der Waals surface area contributed by atoms with Crippen molar-refractivity contribution >= 4 is 35.1 Å². The predicted octanol–water partition coefficient (Wildman–Crippen LogP) is 6.75. The van der Waals surface area contributed by atoms with E-state index in [9.17, 15) is 14.7 Å². The Morgan fingerprint density at radius 2 is 1.61 bits per heavy atom. The van der Waals surface area contributed by atoms with Gasteiger partial charge < -0.3 is 34.7 Å². The monoisotopic (exact) mass is 712 g/mol. The number of hydrogen-bond acceptors (Lipinski definition) is 7. The van der Waals surface area contributed by atoms with Gasteiger partial charge in [-0.15, -0.1) is 0 Å². The van der Waals surface area contributed by atoms with Crippen LogP contribution in [0.5, 0.6) is 17.2 Å². The Bertz CT molecular complexity index is 1560. The number of hydrogen-bond donors (Lipinski definition) is 2. The zero-order valence-electron chi connectivity index (χ0n) is 28.2. The van der Waals surface area contributed by atoms with Gasteiger partial charge in [0.1, 0.15) is 24.7 Å². The number of carboxylic acids is 1. The van der Waals surface area contributed by atoms with Crippen LogP contribution in [0.1, 0.15) is 47.9 Å². The highest BCUT2D eigenvalue weighted by atomic mass is 35.5. The molecule has 0 heterocycles. The highest BCUT2D eigenvalue weighted by Gasteiger charge is 2.43. The van der Waals surface area contributed by atoms with Gasteiger partial charge in [-0.2, -0.15) is 0 Å². The lowest BCUT2D eigenvalue weighted by molar-refractivity contribution is -0.139. The van der Waals surface area contributed by atoms with Gasteiger partial charge in [-0.05, 0) is 104 Å². The summed E-state index contributed by atoms with van der Waals surface area (Å²) < 4.78 is 22.9. The Kier molecular flexibility index (Phi) is 13.1. The molecule has 0 aromatic heterocycles. The maximum atomic E-state index is 14.0. The molecular weight excluding hydrogens is 667 g/mol. The average Bonchev–Trinajstić information content (AvgIpc) is 4.00. The maximum Gasteiger partial charge on any atom is 0.306 e. The number of benzene rings is 3. The van der Waals surface area contributed by atoms with Crippen LogP contribution in [0.3, 0.4) is 0 Å². The van der Waals surface area contributed by atoms with E-state index < -0.39 is 5.97 Å². The summed E-state index contributed by atoms with van der Waals surface area (Å²) >= 11 is 12.5. The van der Waals surface area contributed by atoms with Crippen LogP contribution in [0.4, 0.5) is 0 Å². The summed E-state index contributed by atoms with van der Waals surface area (Å²) in [5.41, 5.74) is 10.3. The number of carbonyl (C=O) groups excluding carboxylic acids is 1. The second-order valence-electron chi connectivity index (χ2n) is 13.1. The summed E-state index contributed by atoms with van der Waals surface area (Å²) in [6.45, 7) is 4.22. The number of amides is 1. The van der Waals surface area contributed by atoms with Gasteiger partial charge in [0.2, 0.25) is 5.91 Å². The van der Waals surface area contributed by atoms with Gasteiger partial charge in [-0.1, -0.05) is 41.4 Å². The third-order valence-electron chi connectivity index (χ3n) is 8.95. The molecule has 3 aromatic rings. The third kappa shape index (κ3) is 10.7. The molecule has 3 aromatic carbocycles. The average molecular weight is 714 g/mol. The molecule has 2 aliphatic carbocycles. The van der Waals surface area contributed by atoms with E-state index in [1.54, 1.807) is 19.2 Å². The highest BCUT2D eigenvalue weighted by Crippen LogP contribution is 2.39. The van der Waals surface area contributed by atoms with E-state index in [2.05, 4.69) is 6.07 Å². The van der Waals surface area contributed by atoms with E-state index in [-0.39, 0.29) is 42.9 Å². The first kappa shape index (κ1) is 36.8. The Hall–Kier alpha value is -3.50. The molecule has 264 valence electrons. The Labute approximate surface area is 298 Å². The molecule has 2 saturated carbocycles. The third-order valence-corrected chi connectivity index (χ3v) is 9.51. The topological polar surface area (TPSA) is 121 Å². The van der Waals surface area contributed by atoms with Gasteiger partial charge in [-0.3, -0.25) is 9.59 Å². The van der Waals surface area contributed by atoms with Crippen LogP contribution in [0.2, 0.25) is 10.0 Å². The molecule has 0 aliphatic heterocycles. The van der Waals surface area contributed by atoms with Crippen LogP contribution in [0, 0.1) is 24.7 Å². The van der Waals surface area contributed by atoms with Gasteiger partial charge >= 0.3 is 5.97 Å². The number of halogens is 2. The SMILES string of the molecule is COCCCc1cc(CN(C(=O)C(CN)Cc2ccc(OCCOc3c(Cl)cc(C)cc3Cl)cc2)C2CC2)cc(OCC2CC2C(=O)O)c1. The second-order valence-corrected chi connectivity index (χ2v) is 13.9. The fraction of sp³-hybridized carbons (Fsp3) is 0.474. The molecule has 9 nitrogen and oxygen atoms in total. The lowest BCUT2D eigenvalue weighted by Gasteiger charge is -2.28. The van der Waals surface area contributed by atoms with E-state index in [1.165, 1.54) is 0 Å². The quantitative estimate of drug-likeness (QED) is 0.124. The Balaban J connectivity index is 1.18. The van der Waals surface area contributed by atoms with Crippen LogP contribution in [0.15, 0.2) is 54.6 Å². The number of aliphatic carboxylic acids is 1. The largest absolute Gasteiger partial charge is 0.493 e. The summed E-state index contributed by atoms with van der Waals surface area (Å²) in [6.07, 6.45) is 4.77. The van der Waals surface area contributed by atoms with E-state index in [4.69, 9.17) is 47.9 Å². The number of nitrogens with two attached hydrogens (primary N) is 1. The molecule has 2 aliphatic rings. The summed E-state index contributed by atoms with van der Waals surface area (Å²) in [5, 5.41) is 10.2. The minimum atomic E-state index is -0.767. The van der Waals surface area contributed by atoms with Crippen molar-refractivity contribution in [2.45, 2.75) is 58.0 Å². The molecule has 0 spiro atoms. The van der Waals surface area contributed by atoms with Gasteiger partial charge in [-0.25, -0.2) is 0 Å². The Morgan fingerprint density at radius 1 is 0.918 bits per heavy atom. The van der Waals surface area contributed by atoms with Crippen LogP contribution < -0.4 is 19.9 Å². The minimum Gasteiger partial charge on any atom is -0.493 e. The van der Waals surface area contributed by atoms with Crippen molar-refractivity contribution in [1.29, 1.82) is 0 Å². The molecule has 3 atom stereocenters. The fourth-order valence-electron chi connectivity index (χ4n) is 6.02. The first-order valence-electron chi connectivity index (χ1n) is 16.9. The lowest BCUT2D eigenvalue weighted by atomic mass is 9.97. The molecule has 1 amide bonds. The molecular formula is C38H46Cl2N2O7. The van der Waals surface area contributed by atoms with Crippen LogP contribution in [-0.2, 0) is 33.7 Å². The molecule has 5 rings (SSSR count). The highest BCUT2D eigenvalue weighted by molar-refractivity contribution is 6.37. The molecule has 0 bridgehead atoms. The first-order chi connectivity index (χ1) is 23.6. The molecule has 0 saturated heterocycles. The molecule has 3 unspecified atom stereocenters. The lowest BCUT2D eigenvalue weighted by Crippen LogP contribution is -2.41. The first-order valence-corrected chi connectivity index (χ1v) is 17.7. The smallest absolute Gasteiger partial charge is 0.306 e. The van der Waals surface area contributed by atoms with E-state index in [0.29, 0.717) is 66.5 Å². The van der Waals surface area contributed by atoms with Gasteiger partial charge in [0.05, 0.1) is 28.5 Å². The number of methoxy groups -OCH3 is 1. The van der Waals surface area contributed by atoms with Crippen molar-refractivity contribution in [2.75, 3.05) is 40.1 Å². The standard InChI is InChI=1S/C38H46Cl2N2O7/c1-24-14-34(39)36(35(40)15-24)48-13-12-47-31-9-5-25(6-10-31)17-28(21-41)37(43)42(30-7-8-30)22-27-16-26(4-3-11-46-2)18-32(19-27)49-23-29-20-33(29)38(44)45/h5-6,9-10,14-16,18-19,28-30,33H,3-4,7-8,11-13,17,20-23,41H2,1-2H3,(H,44,45). The number of aryl methyl sites for hydroxylation is 2. The Morgan fingerprint density at radius 3 is 2.24 bits per heavy atom.